The Morgan fingerprint density at radius 2 is 1.90 bits per heavy atom. The molecule has 1 saturated carbocycles. The van der Waals surface area contributed by atoms with Crippen molar-refractivity contribution in [1.82, 2.24) is 0 Å². The first kappa shape index (κ1) is 15.6. The third kappa shape index (κ3) is 4.62. The number of hydrogen-bond acceptors (Lipinski definition) is 2. The summed E-state index contributed by atoms with van der Waals surface area (Å²) >= 11 is 3.75. The van der Waals surface area contributed by atoms with Crippen LogP contribution in [0.25, 0.3) is 0 Å². The van der Waals surface area contributed by atoms with Gasteiger partial charge in [0.2, 0.25) is 0 Å². The largest absolute Gasteiger partial charge is 0.462 e. The van der Waals surface area contributed by atoms with Gasteiger partial charge in [0.1, 0.15) is 6.10 Å². The second-order valence-electron chi connectivity index (χ2n) is 5.66. The van der Waals surface area contributed by atoms with Gasteiger partial charge in [-0.1, -0.05) is 65.5 Å². The van der Waals surface area contributed by atoms with Gasteiger partial charge in [-0.25, -0.2) is 0 Å². The molecule has 0 unspecified atom stereocenters. The molecule has 0 bridgehead atoms. The van der Waals surface area contributed by atoms with E-state index in [0.717, 1.165) is 6.42 Å². The summed E-state index contributed by atoms with van der Waals surface area (Å²) in [5.74, 6) is 0.366. The molecule has 0 N–H and O–H groups in total. The average molecular weight is 339 g/mol. The summed E-state index contributed by atoms with van der Waals surface area (Å²) in [6, 6.07) is 10.3. The molecule has 0 aromatic heterocycles. The molecule has 0 amide bonds. The Hall–Kier alpha value is -0.830. The maximum atomic E-state index is 11.4. The molecule has 110 valence electrons. The third-order valence-electron chi connectivity index (χ3n) is 4.09. The molecule has 1 aromatic rings. The van der Waals surface area contributed by atoms with Crippen LogP contribution in [0.15, 0.2) is 30.3 Å². The second kappa shape index (κ2) is 7.82. The summed E-state index contributed by atoms with van der Waals surface area (Å²) in [4.78, 5) is 11.6. The standard InChI is InChI=1S/C17H23BrO2/c1-13(19)20-17(15-10-6-3-7-11-15)12-16(18)14-8-4-2-5-9-14/h2,4-5,8-9,15-17H,3,6-7,10-12H2,1H3/t16-,17+/m1/s1. The SMILES string of the molecule is CC(=O)O[C@@H](C[C@@H](Br)c1ccccc1)C1CCCCC1. The number of ether oxygens (including phenoxy) is 1. The van der Waals surface area contributed by atoms with Crippen molar-refractivity contribution in [3.05, 3.63) is 35.9 Å². The van der Waals surface area contributed by atoms with Gasteiger partial charge in [0, 0.05) is 18.2 Å². The number of benzene rings is 1. The maximum absolute atomic E-state index is 11.4. The van der Waals surface area contributed by atoms with Crippen molar-refractivity contribution >= 4 is 21.9 Å². The molecule has 0 saturated heterocycles. The predicted octanol–water partition coefficient (Wildman–Crippen LogP) is 5.02. The highest BCUT2D eigenvalue weighted by Gasteiger charge is 2.28. The van der Waals surface area contributed by atoms with Crippen molar-refractivity contribution in [1.29, 1.82) is 0 Å². The van der Waals surface area contributed by atoms with E-state index in [1.54, 1.807) is 0 Å². The number of alkyl halides is 1. The number of rotatable bonds is 5. The Morgan fingerprint density at radius 1 is 1.25 bits per heavy atom. The quantitative estimate of drug-likeness (QED) is 0.556. The van der Waals surface area contributed by atoms with Gasteiger partial charge in [0.15, 0.2) is 0 Å². The lowest BCUT2D eigenvalue weighted by Gasteiger charge is -2.31. The highest BCUT2D eigenvalue weighted by atomic mass is 79.9. The summed E-state index contributed by atoms with van der Waals surface area (Å²) in [5.41, 5.74) is 1.25. The zero-order valence-corrected chi connectivity index (χ0v) is 13.6. The van der Waals surface area contributed by atoms with Gasteiger partial charge < -0.3 is 4.74 Å². The van der Waals surface area contributed by atoms with Gasteiger partial charge >= 0.3 is 5.97 Å². The molecule has 0 heterocycles. The molecule has 1 aliphatic carbocycles. The van der Waals surface area contributed by atoms with Crippen LogP contribution in [0.1, 0.15) is 55.8 Å². The minimum Gasteiger partial charge on any atom is -0.462 e. The van der Waals surface area contributed by atoms with E-state index in [2.05, 4.69) is 28.1 Å². The average Bonchev–Trinajstić information content (AvgIpc) is 2.48. The molecule has 0 spiro atoms. The van der Waals surface area contributed by atoms with E-state index in [9.17, 15) is 4.79 Å². The summed E-state index contributed by atoms with van der Waals surface area (Å²) in [5, 5.41) is 0. The van der Waals surface area contributed by atoms with Gasteiger partial charge in [0.05, 0.1) is 0 Å². The van der Waals surface area contributed by atoms with Crippen LogP contribution >= 0.6 is 15.9 Å². The molecular formula is C17H23BrO2. The molecule has 0 aliphatic heterocycles. The molecule has 2 nitrogen and oxygen atoms in total. The summed E-state index contributed by atoms with van der Waals surface area (Å²) in [7, 11) is 0. The number of esters is 1. The highest BCUT2D eigenvalue weighted by molar-refractivity contribution is 9.09. The van der Waals surface area contributed by atoms with Gasteiger partial charge in [-0.05, 0) is 24.3 Å². The fraction of sp³-hybridized carbons (Fsp3) is 0.588. The first-order valence-electron chi connectivity index (χ1n) is 7.53. The van der Waals surface area contributed by atoms with Crippen molar-refractivity contribution in [3.63, 3.8) is 0 Å². The minimum atomic E-state index is -0.159. The lowest BCUT2D eigenvalue weighted by atomic mass is 9.83. The number of carbonyl (C=O) groups is 1. The van der Waals surface area contributed by atoms with E-state index in [-0.39, 0.29) is 16.9 Å². The van der Waals surface area contributed by atoms with Crippen LogP contribution in [0.4, 0.5) is 0 Å². The fourth-order valence-electron chi connectivity index (χ4n) is 3.06. The number of halogens is 1. The van der Waals surface area contributed by atoms with Crippen molar-refractivity contribution < 1.29 is 9.53 Å². The Bertz CT molecular complexity index is 412. The van der Waals surface area contributed by atoms with Crippen LogP contribution in [0, 0.1) is 5.92 Å². The van der Waals surface area contributed by atoms with Gasteiger partial charge in [0.25, 0.3) is 0 Å². The first-order chi connectivity index (χ1) is 9.66. The zero-order valence-electron chi connectivity index (χ0n) is 12.1. The number of carbonyl (C=O) groups excluding carboxylic acids is 1. The van der Waals surface area contributed by atoms with Crippen LogP contribution in [-0.4, -0.2) is 12.1 Å². The smallest absolute Gasteiger partial charge is 0.302 e. The molecule has 0 radical (unpaired) electrons. The van der Waals surface area contributed by atoms with Crippen molar-refractivity contribution in [2.75, 3.05) is 0 Å². The predicted molar refractivity (Wildman–Crippen MR) is 84.9 cm³/mol. The normalized spacial score (nSPS) is 19.3. The molecule has 20 heavy (non-hydrogen) atoms. The first-order valence-corrected chi connectivity index (χ1v) is 8.44. The van der Waals surface area contributed by atoms with Gasteiger partial charge in [-0.3, -0.25) is 4.79 Å². The van der Waals surface area contributed by atoms with Gasteiger partial charge in [-0.2, -0.15) is 0 Å². The molecule has 1 fully saturated rings. The Morgan fingerprint density at radius 3 is 2.50 bits per heavy atom. The van der Waals surface area contributed by atoms with Crippen LogP contribution in [0.2, 0.25) is 0 Å². The van der Waals surface area contributed by atoms with Crippen molar-refractivity contribution in [2.24, 2.45) is 5.92 Å². The third-order valence-corrected chi connectivity index (χ3v) is 5.00. The van der Waals surface area contributed by atoms with Crippen molar-refractivity contribution in [2.45, 2.75) is 56.4 Å². The molecule has 2 atom stereocenters. The van der Waals surface area contributed by atoms with E-state index in [1.807, 2.05) is 18.2 Å². The topological polar surface area (TPSA) is 26.3 Å². The molecule has 3 heteroatoms. The van der Waals surface area contributed by atoms with E-state index in [4.69, 9.17) is 4.74 Å². The van der Waals surface area contributed by atoms with Crippen LogP contribution < -0.4 is 0 Å². The highest BCUT2D eigenvalue weighted by Crippen LogP contribution is 2.35. The lowest BCUT2D eigenvalue weighted by molar-refractivity contribution is -0.150. The maximum Gasteiger partial charge on any atom is 0.302 e. The molecule has 1 aromatic carbocycles. The van der Waals surface area contributed by atoms with Crippen LogP contribution in [-0.2, 0) is 9.53 Å². The van der Waals surface area contributed by atoms with E-state index < -0.39 is 0 Å². The van der Waals surface area contributed by atoms with E-state index in [0.29, 0.717) is 5.92 Å². The Labute approximate surface area is 130 Å². The number of hydrogen-bond donors (Lipinski definition) is 0. The van der Waals surface area contributed by atoms with E-state index in [1.165, 1.54) is 44.6 Å². The Balaban J connectivity index is 2.01. The zero-order chi connectivity index (χ0) is 14.4. The van der Waals surface area contributed by atoms with Crippen LogP contribution in [0.3, 0.4) is 0 Å². The fourth-order valence-corrected chi connectivity index (χ4v) is 3.73. The molecular weight excluding hydrogens is 316 g/mol. The summed E-state index contributed by atoms with van der Waals surface area (Å²) in [6.07, 6.45) is 7.12. The Kier molecular flexibility index (Phi) is 6.08. The van der Waals surface area contributed by atoms with Crippen LogP contribution in [0.5, 0.6) is 0 Å². The summed E-state index contributed by atoms with van der Waals surface area (Å²) in [6.45, 7) is 1.52. The summed E-state index contributed by atoms with van der Waals surface area (Å²) < 4.78 is 5.61. The van der Waals surface area contributed by atoms with E-state index >= 15 is 0 Å². The molecule has 2 rings (SSSR count). The second-order valence-corrected chi connectivity index (χ2v) is 6.77. The van der Waals surface area contributed by atoms with Crippen molar-refractivity contribution in [3.8, 4) is 0 Å². The monoisotopic (exact) mass is 338 g/mol. The lowest BCUT2D eigenvalue weighted by Crippen LogP contribution is -2.29. The van der Waals surface area contributed by atoms with Gasteiger partial charge in [-0.15, -0.1) is 0 Å². The molecule has 1 aliphatic rings. The minimum absolute atomic E-state index is 0.0392.